The molecule has 1 amide bonds. The number of rotatable bonds is 7. The molecule has 0 saturated carbocycles. The topological polar surface area (TPSA) is 68.0 Å². The molecule has 1 heterocycles. The number of hydrogen-bond donors (Lipinski definition) is 1. The summed E-state index contributed by atoms with van der Waals surface area (Å²) < 4.78 is 18.4. The summed E-state index contributed by atoms with van der Waals surface area (Å²) in [6.07, 6.45) is 1.24. The molecule has 0 aliphatic carbocycles. The highest BCUT2D eigenvalue weighted by Crippen LogP contribution is 2.10. The first-order valence-electron chi connectivity index (χ1n) is 8.47. The van der Waals surface area contributed by atoms with Crippen LogP contribution >= 0.6 is 0 Å². The molecule has 3 aromatic rings. The molecule has 1 aromatic heterocycles. The van der Waals surface area contributed by atoms with E-state index in [1.54, 1.807) is 19.1 Å². The lowest BCUT2D eigenvalue weighted by Crippen LogP contribution is -2.23. The van der Waals surface area contributed by atoms with E-state index in [0.717, 1.165) is 11.1 Å². The van der Waals surface area contributed by atoms with E-state index in [-0.39, 0.29) is 18.1 Å². The molecular weight excluding hydrogens is 333 g/mol. The Kier molecular flexibility index (Phi) is 5.73. The lowest BCUT2D eigenvalue weighted by atomic mass is 10.1. The van der Waals surface area contributed by atoms with E-state index in [4.69, 9.17) is 4.52 Å². The maximum Gasteiger partial charge on any atom is 0.227 e. The molecular formula is C20H20FN3O2. The second kappa shape index (κ2) is 8.38. The number of amides is 1. The second-order valence-corrected chi connectivity index (χ2v) is 6.13. The SMILES string of the molecule is Cc1cc(CNC(=O)CCc2nc(Cc3ccccc3)no2)ccc1F. The number of hydrogen-bond acceptors (Lipinski definition) is 4. The number of halogens is 1. The molecule has 0 unspecified atom stereocenters. The molecule has 2 aromatic carbocycles. The maximum absolute atomic E-state index is 13.2. The highest BCUT2D eigenvalue weighted by molar-refractivity contribution is 5.76. The highest BCUT2D eigenvalue weighted by Gasteiger charge is 2.10. The van der Waals surface area contributed by atoms with Crippen LogP contribution in [-0.2, 0) is 24.2 Å². The number of nitrogens with zero attached hydrogens (tertiary/aromatic N) is 2. The summed E-state index contributed by atoms with van der Waals surface area (Å²) in [6.45, 7) is 2.06. The molecule has 6 heteroatoms. The summed E-state index contributed by atoms with van der Waals surface area (Å²) in [5, 5.41) is 6.76. The van der Waals surface area contributed by atoms with Crippen LogP contribution in [0.15, 0.2) is 53.1 Å². The lowest BCUT2D eigenvalue weighted by Gasteiger charge is -2.06. The van der Waals surface area contributed by atoms with E-state index in [1.165, 1.54) is 6.07 Å². The Labute approximate surface area is 151 Å². The van der Waals surface area contributed by atoms with E-state index < -0.39 is 0 Å². The summed E-state index contributed by atoms with van der Waals surface area (Å²) in [7, 11) is 0. The minimum atomic E-state index is -0.247. The molecule has 5 nitrogen and oxygen atoms in total. The van der Waals surface area contributed by atoms with Crippen molar-refractivity contribution in [1.29, 1.82) is 0 Å². The minimum absolute atomic E-state index is 0.116. The average Bonchev–Trinajstić information content (AvgIpc) is 3.09. The molecule has 0 aliphatic rings. The van der Waals surface area contributed by atoms with Gasteiger partial charge in [-0.3, -0.25) is 4.79 Å². The van der Waals surface area contributed by atoms with Crippen molar-refractivity contribution in [2.24, 2.45) is 0 Å². The fraction of sp³-hybridized carbons (Fsp3) is 0.250. The first kappa shape index (κ1) is 17.8. The van der Waals surface area contributed by atoms with Gasteiger partial charge in [0.15, 0.2) is 5.82 Å². The smallest absolute Gasteiger partial charge is 0.227 e. The van der Waals surface area contributed by atoms with Gasteiger partial charge in [0.2, 0.25) is 11.8 Å². The van der Waals surface area contributed by atoms with E-state index in [2.05, 4.69) is 15.5 Å². The molecule has 0 fully saturated rings. The Morgan fingerprint density at radius 3 is 2.73 bits per heavy atom. The number of aryl methyl sites for hydroxylation is 2. The normalized spacial score (nSPS) is 10.7. The summed E-state index contributed by atoms with van der Waals surface area (Å²) in [4.78, 5) is 16.3. The van der Waals surface area contributed by atoms with Crippen LogP contribution in [0.3, 0.4) is 0 Å². The molecule has 0 bridgehead atoms. The van der Waals surface area contributed by atoms with Crippen LogP contribution in [0.1, 0.15) is 34.8 Å². The van der Waals surface area contributed by atoms with Crippen molar-refractivity contribution in [3.05, 3.63) is 82.8 Å². The Morgan fingerprint density at radius 1 is 1.15 bits per heavy atom. The number of nitrogens with one attached hydrogen (secondary N) is 1. The van der Waals surface area contributed by atoms with Crippen LogP contribution in [0.2, 0.25) is 0 Å². The maximum atomic E-state index is 13.2. The van der Waals surface area contributed by atoms with Crippen LogP contribution in [-0.4, -0.2) is 16.0 Å². The lowest BCUT2D eigenvalue weighted by molar-refractivity contribution is -0.121. The van der Waals surface area contributed by atoms with Crippen molar-refractivity contribution in [1.82, 2.24) is 15.5 Å². The van der Waals surface area contributed by atoms with Gasteiger partial charge in [0.05, 0.1) is 0 Å². The summed E-state index contributed by atoms with van der Waals surface area (Å²) in [5.74, 6) is 0.690. The van der Waals surface area contributed by atoms with Crippen LogP contribution in [0, 0.1) is 12.7 Å². The summed E-state index contributed by atoms with van der Waals surface area (Å²) in [5.41, 5.74) is 2.53. The van der Waals surface area contributed by atoms with Gasteiger partial charge in [0.1, 0.15) is 5.82 Å². The van der Waals surface area contributed by atoms with Crippen molar-refractivity contribution in [3.8, 4) is 0 Å². The van der Waals surface area contributed by atoms with Gasteiger partial charge in [-0.2, -0.15) is 4.98 Å². The third-order valence-corrected chi connectivity index (χ3v) is 3.99. The Morgan fingerprint density at radius 2 is 1.96 bits per heavy atom. The second-order valence-electron chi connectivity index (χ2n) is 6.13. The van der Waals surface area contributed by atoms with E-state index in [9.17, 15) is 9.18 Å². The van der Waals surface area contributed by atoms with E-state index in [0.29, 0.717) is 36.7 Å². The predicted octanol–water partition coefficient (Wildman–Crippen LogP) is 3.36. The zero-order valence-electron chi connectivity index (χ0n) is 14.5. The molecule has 26 heavy (non-hydrogen) atoms. The van der Waals surface area contributed by atoms with E-state index in [1.807, 2.05) is 30.3 Å². The van der Waals surface area contributed by atoms with Gasteiger partial charge in [-0.25, -0.2) is 4.39 Å². The molecule has 3 rings (SSSR count). The average molecular weight is 353 g/mol. The quantitative estimate of drug-likeness (QED) is 0.707. The third kappa shape index (κ3) is 4.99. The van der Waals surface area contributed by atoms with E-state index >= 15 is 0 Å². The van der Waals surface area contributed by atoms with Gasteiger partial charge in [0, 0.05) is 25.8 Å². The van der Waals surface area contributed by atoms with Crippen LogP contribution in [0.4, 0.5) is 4.39 Å². The predicted molar refractivity (Wildman–Crippen MR) is 94.9 cm³/mol. The molecule has 0 atom stereocenters. The zero-order chi connectivity index (χ0) is 18.4. The highest BCUT2D eigenvalue weighted by atomic mass is 19.1. The number of carbonyl (C=O) groups is 1. The van der Waals surface area contributed by atoms with Gasteiger partial charge < -0.3 is 9.84 Å². The van der Waals surface area contributed by atoms with Gasteiger partial charge in [-0.15, -0.1) is 0 Å². The van der Waals surface area contributed by atoms with Crippen molar-refractivity contribution >= 4 is 5.91 Å². The number of aromatic nitrogens is 2. The first-order valence-corrected chi connectivity index (χ1v) is 8.47. The van der Waals surface area contributed by atoms with Crippen LogP contribution in [0.25, 0.3) is 0 Å². The Balaban J connectivity index is 1.45. The summed E-state index contributed by atoms with van der Waals surface area (Å²) >= 11 is 0. The van der Waals surface area contributed by atoms with Crippen molar-refractivity contribution < 1.29 is 13.7 Å². The monoisotopic (exact) mass is 353 g/mol. The van der Waals surface area contributed by atoms with Gasteiger partial charge in [-0.1, -0.05) is 47.6 Å². The molecule has 134 valence electrons. The molecule has 0 spiro atoms. The van der Waals surface area contributed by atoms with Crippen LogP contribution in [0.5, 0.6) is 0 Å². The Hall–Kier alpha value is -3.02. The van der Waals surface area contributed by atoms with Crippen molar-refractivity contribution in [2.45, 2.75) is 32.7 Å². The number of carbonyl (C=O) groups excluding carboxylic acids is 1. The Bertz CT molecular complexity index is 878. The zero-order valence-corrected chi connectivity index (χ0v) is 14.5. The molecule has 0 radical (unpaired) electrons. The van der Waals surface area contributed by atoms with Gasteiger partial charge in [0.25, 0.3) is 0 Å². The molecule has 1 N–H and O–H groups in total. The standard InChI is InChI=1S/C20H20FN3O2/c1-14-11-16(7-8-17(14)21)13-22-19(25)9-10-20-23-18(24-26-20)12-15-5-3-2-4-6-15/h2-8,11H,9-10,12-13H2,1H3,(H,22,25). The van der Waals surface area contributed by atoms with Crippen molar-refractivity contribution in [2.75, 3.05) is 0 Å². The van der Waals surface area contributed by atoms with Crippen molar-refractivity contribution in [3.63, 3.8) is 0 Å². The van der Waals surface area contributed by atoms with Crippen LogP contribution < -0.4 is 5.32 Å². The molecule has 0 aliphatic heterocycles. The minimum Gasteiger partial charge on any atom is -0.352 e. The largest absolute Gasteiger partial charge is 0.352 e. The van der Waals surface area contributed by atoms with Gasteiger partial charge in [-0.05, 0) is 29.7 Å². The fourth-order valence-corrected chi connectivity index (χ4v) is 2.57. The fourth-order valence-electron chi connectivity index (χ4n) is 2.57. The summed E-state index contributed by atoms with van der Waals surface area (Å²) in [6, 6.07) is 14.7. The van der Waals surface area contributed by atoms with Gasteiger partial charge >= 0.3 is 0 Å². The number of benzene rings is 2. The first-order chi connectivity index (χ1) is 12.6. The third-order valence-electron chi connectivity index (χ3n) is 3.99. The molecule has 0 saturated heterocycles.